The molecule has 1 unspecified atom stereocenters. The minimum atomic E-state index is -1.32. The third kappa shape index (κ3) is 3.82. The summed E-state index contributed by atoms with van der Waals surface area (Å²) < 4.78 is 5.36. The van der Waals surface area contributed by atoms with Crippen molar-refractivity contribution in [2.24, 2.45) is 5.41 Å². The van der Waals surface area contributed by atoms with Crippen molar-refractivity contribution in [1.82, 2.24) is 9.96 Å². The molecule has 1 fully saturated rings. The minimum absolute atomic E-state index is 0.313. The van der Waals surface area contributed by atoms with Crippen LogP contribution in [0.3, 0.4) is 0 Å². The number of fused-ring (bicyclic) bond motifs is 1. The van der Waals surface area contributed by atoms with Gasteiger partial charge in [-0.25, -0.2) is 9.59 Å². The van der Waals surface area contributed by atoms with Crippen molar-refractivity contribution in [2.75, 3.05) is 13.1 Å². The predicted octanol–water partition coefficient (Wildman–Crippen LogP) is 2.63. The fourth-order valence-electron chi connectivity index (χ4n) is 3.28. The van der Waals surface area contributed by atoms with Crippen LogP contribution < -0.4 is 0 Å². The first-order chi connectivity index (χ1) is 13.0. The van der Waals surface area contributed by atoms with E-state index in [0.29, 0.717) is 37.1 Å². The van der Waals surface area contributed by atoms with Crippen LogP contribution in [-0.2, 0) is 14.4 Å². The van der Waals surface area contributed by atoms with E-state index in [0.717, 1.165) is 5.06 Å². The van der Waals surface area contributed by atoms with E-state index in [1.165, 1.54) is 0 Å². The van der Waals surface area contributed by atoms with Crippen molar-refractivity contribution in [3.05, 3.63) is 35.4 Å². The molecule has 0 bridgehead atoms. The molecule has 1 aromatic rings. The first-order valence-electron chi connectivity index (χ1n) is 9.33. The summed E-state index contributed by atoms with van der Waals surface area (Å²) in [6, 6.07) is 6.58. The Hall–Kier alpha value is -2.61. The summed E-state index contributed by atoms with van der Waals surface area (Å²) >= 11 is 0. The largest absolute Gasteiger partial charge is 0.444 e. The van der Waals surface area contributed by atoms with E-state index in [4.69, 9.17) is 9.57 Å². The number of amides is 2. The first-order valence-corrected chi connectivity index (χ1v) is 9.33. The summed E-state index contributed by atoms with van der Waals surface area (Å²) in [4.78, 5) is 44.2. The van der Waals surface area contributed by atoms with Crippen LogP contribution in [0.2, 0.25) is 0 Å². The van der Waals surface area contributed by atoms with Gasteiger partial charge in [0, 0.05) is 18.7 Å². The fraction of sp³-hybridized carbons (Fsp3) is 0.550. The average molecular weight is 390 g/mol. The number of carbonyl (C=O) groups is 3. The number of aliphatic hydroxyl groups is 1. The van der Waals surface area contributed by atoms with E-state index in [2.05, 4.69) is 0 Å². The highest BCUT2D eigenvalue weighted by Crippen LogP contribution is 2.36. The van der Waals surface area contributed by atoms with Crippen LogP contribution in [0.5, 0.6) is 0 Å². The van der Waals surface area contributed by atoms with Crippen molar-refractivity contribution >= 4 is 18.0 Å². The number of nitrogens with zero attached hydrogens (tertiary/aromatic N) is 2. The molecule has 8 heteroatoms. The molecule has 3 rings (SSSR count). The van der Waals surface area contributed by atoms with Gasteiger partial charge in [-0.3, -0.25) is 4.79 Å². The maximum absolute atomic E-state index is 12.8. The summed E-state index contributed by atoms with van der Waals surface area (Å²) in [5.41, 5.74) is -0.733. The van der Waals surface area contributed by atoms with Gasteiger partial charge in [-0.05, 0) is 46.6 Å². The molecule has 1 aromatic carbocycles. The number of rotatable bonds is 2. The molecule has 0 radical (unpaired) electrons. The lowest BCUT2D eigenvalue weighted by Gasteiger charge is -2.38. The molecule has 0 aliphatic carbocycles. The zero-order chi connectivity index (χ0) is 20.7. The number of aliphatic hydroxyl groups excluding tert-OH is 1. The van der Waals surface area contributed by atoms with Gasteiger partial charge in [0.05, 0.1) is 11.0 Å². The molecule has 1 saturated heterocycles. The third-order valence-corrected chi connectivity index (χ3v) is 5.08. The minimum Gasteiger partial charge on any atom is -0.444 e. The van der Waals surface area contributed by atoms with E-state index in [9.17, 15) is 19.5 Å². The average Bonchev–Trinajstić information content (AvgIpc) is 2.86. The zero-order valence-corrected chi connectivity index (χ0v) is 16.6. The fourth-order valence-corrected chi connectivity index (χ4v) is 3.28. The van der Waals surface area contributed by atoms with Gasteiger partial charge in [-0.2, -0.15) is 0 Å². The van der Waals surface area contributed by atoms with Crippen molar-refractivity contribution in [3.63, 3.8) is 0 Å². The molecule has 0 aromatic heterocycles. The summed E-state index contributed by atoms with van der Waals surface area (Å²) in [7, 11) is 0. The SMILES string of the molecule is CC(C)(C)OC(=O)N1CCC(C)(C(=O)ON2C(=O)c3ccccc3C2O)CC1. The van der Waals surface area contributed by atoms with Gasteiger partial charge in [0.25, 0.3) is 5.91 Å². The summed E-state index contributed by atoms with van der Waals surface area (Å²) in [5.74, 6) is -1.15. The van der Waals surface area contributed by atoms with Gasteiger partial charge in [0.15, 0.2) is 6.23 Å². The van der Waals surface area contributed by atoms with Gasteiger partial charge in [-0.15, -0.1) is 5.06 Å². The lowest BCUT2D eigenvalue weighted by molar-refractivity contribution is -0.219. The molecule has 1 atom stereocenters. The second-order valence-electron chi connectivity index (χ2n) is 8.50. The van der Waals surface area contributed by atoms with E-state index in [1.807, 2.05) is 0 Å². The molecule has 2 heterocycles. The number of piperidine rings is 1. The second kappa shape index (κ2) is 7.09. The van der Waals surface area contributed by atoms with Gasteiger partial charge in [-0.1, -0.05) is 18.2 Å². The Morgan fingerprint density at radius 1 is 1.18 bits per heavy atom. The number of benzene rings is 1. The number of hydrogen-bond donors (Lipinski definition) is 1. The molecular weight excluding hydrogens is 364 g/mol. The van der Waals surface area contributed by atoms with E-state index < -0.39 is 35.2 Å². The van der Waals surface area contributed by atoms with E-state index >= 15 is 0 Å². The Kier molecular flexibility index (Phi) is 5.10. The Morgan fingerprint density at radius 3 is 2.36 bits per heavy atom. The highest BCUT2D eigenvalue weighted by atomic mass is 16.7. The molecule has 152 valence electrons. The maximum Gasteiger partial charge on any atom is 0.410 e. The van der Waals surface area contributed by atoms with Gasteiger partial charge >= 0.3 is 12.1 Å². The van der Waals surface area contributed by atoms with Crippen molar-refractivity contribution in [2.45, 2.75) is 52.4 Å². The summed E-state index contributed by atoms with van der Waals surface area (Å²) in [5, 5.41) is 11.0. The van der Waals surface area contributed by atoms with Crippen molar-refractivity contribution in [1.29, 1.82) is 0 Å². The number of likely N-dealkylation sites (tertiary alicyclic amines) is 1. The molecule has 2 amide bonds. The second-order valence-corrected chi connectivity index (χ2v) is 8.50. The summed E-state index contributed by atoms with van der Waals surface area (Å²) in [6.45, 7) is 7.82. The highest BCUT2D eigenvalue weighted by Gasteiger charge is 2.45. The molecule has 28 heavy (non-hydrogen) atoms. The van der Waals surface area contributed by atoms with E-state index in [1.54, 1.807) is 56.9 Å². The monoisotopic (exact) mass is 390 g/mol. The molecule has 8 nitrogen and oxygen atoms in total. The quantitative estimate of drug-likeness (QED) is 0.834. The first kappa shape index (κ1) is 20.1. The lowest BCUT2D eigenvalue weighted by Crippen LogP contribution is -2.48. The number of hydrogen-bond acceptors (Lipinski definition) is 6. The smallest absolute Gasteiger partial charge is 0.410 e. The van der Waals surface area contributed by atoms with Gasteiger partial charge < -0.3 is 19.6 Å². The maximum atomic E-state index is 12.8. The lowest BCUT2D eigenvalue weighted by atomic mass is 9.80. The molecule has 2 aliphatic rings. The number of ether oxygens (including phenoxy) is 1. The van der Waals surface area contributed by atoms with Crippen LogP contribution in [0.4, 0.5) is 4.79 Å². The number of hydroxylamine groups is 2. The van der Waals surface area contributed by atoms with Gasteiger partial charge in [0.2, 0.25) is 0 Å². The molecular formula is C20H26N2O6. The van der Waals surface area contributed by atoms with Crippen LogP contribution >= 0.6 is 0 Å². The molecule has 1 N–H and O–H groups in total. The Balaban J connectivity index is 1.62. The van der Waals surface area contributed by atoms with Crippen LogP contribution in [0.15, 0.2) is 24.3 Å². The number of carbonyl (C=O) groups excluding carboxylic acids is 3. The normalized spacial score (nSPS) is 21.3. The van der Waals surface area contributed by atoms with Crippen molar-refractivity contribution < 1.29 is 29.1 Å². The Bertz CT molecular complexity index is 792. The Morgan fingerprint density at radius 2 is 1.79 bits per heavy atom. The van der Waals surface area contributed by atoms with Gasteiger partial charge in [0.1, 0.15) is 5.60 Å². The Labute approximate surface area is 164 Å². The van der Waals surface area contributed by atoms with Crippen LogP contribution in [0, 0.1) is 5.41 Å². The van der Waals surface area contributed by atoms with Crippen LogP contribution in [0.1, 0.15) is 62.7 Å². The summed E-state index contributed by atoms with van der Waals surface area (Å²) in [6.07, 6.45) is -0.992. The predicted molar refractivity (Wildman–Crippen MR) is 98.8 cm³/mol. The molecule has 0 saturated carbocycles. The van der Waals surface area contributed by atoms with E-state index in [-0.39, 0.29) is 0 Å². The van der Waals surface area contributed by atoms with Crippen molar-refractivity contribution in [3.8, 4) is 0 Å². The van der Waals surface area contributed by atoms with Crippen LogP contribution in [-0.4, -0.2) is 51.7 Å². The zero-order valence-electron chi connectivity index (χ0n) is 16.6. The highest BCUT2D eigenvalue weighted by molar-refractivity contribution is 5.99. The molecule has 2 aliphatic heterocycles. The van der Waals surface area contributed by atoms with Crippen LogP contribution in [0.25, 0.3) is 0 Å². The third-order valence-electron chi connectivity index (χ3n) is 5.08. The molecule has 0 spiro atoms. The topological polar surface area (TPSA) is 96.4 Å². The standard InChI is InChI=1S/C20H26N2O6/c1-19(2,3)27-18(26)21-11-9-20(4,10-12-21)17(25)28-22-15(23)13-7-5-6-8-14(13)16(22)24/h5-8,15,23H,9-12H2,1-4H3.